The fourth-order valence-corrected chi connectivity index (χ4v) is 3.77. The lowest BCUT2D eigenvalue weighted by Gasteiger charge is -2.40. The number of hydrogen-bond acceptors (Lipinski definition) is 4. The molecule has 5 nitrogen and oxygen atoms in total. The number of carbonyl (C=O) groups is 1. The van der Waals surface area contributed by atoms with Gasteiger partial charge < -0.3 is 11.1 Å². The van der Waals surface area contributed by atoms with Crippen LogP contribution in [0.3, 0.4) is 0 Å². The quantitative estimate of drug-likeness (QED) is 0.823. The van der Waals surface area contributed by atoms with Crippen molar-refractivity contribution in [1.82, 2.24) is 10.2 Å². The molecule has 0 bridgehead atoms. The van der Waals surface area contributed by atoms with Gasteiger partial charge in [-0.25, -0.2) is 0 Å². The van der Waals surface area contributed by atoms with Crippen LogP contribution in [-0.2, 0) is 4.79 Å². The Balaban J connectivity index is 1.95. The molecule has 3 N–H and O–H groups in total. The summed E-state index contributed by atoms with van der Waals surface area (Å²) in [5.41, 5.74) is 5.21. The number of nitrogens with zero attached hydrogens (tertiary/aromatic N) is 2. The summed E-state index contributed by atoms with van der Waals surface area (Å²) in [4.78, 5) is 14.6. The molecule has 0 spiro atoms. The van der Waals surface area contributed by atoms with Gasteiger partial charge >= 0.3 is 0 Å². The number of hydrogen-bond donors (Lipinski definition) is 2. The van der Waals surface area contributed by atoms with Gasteiger partial charge in [0.1, 0.15) is 5.54 Å². The molecule has 0 aromatic heterocycles. The van der Waals surface area contributed by atoms with E-state index in [1.165, 1.54) is 6.42 Å². The Bertz CT molecular complexity index is 398. The number of nitrogens with two attached hydrogens (primary N) is 1. The topological polar surface area (TPSA) is 82.2 Å². The van der Waals surface area contributed by atoms with Crippen LogP contribution in [0.15, 0.2) is 0 Å². The van der Waals surface area contributed by atoms with Crippen molar-refractivity contribution >= 4 is 5.91 Å². The van der Waals surface area contributed by atoms with Crippen LogP contribution in [0.4, 0.5) is 0 Å². The van der Waals surface area contributed by atoms with E-state index < -0.39 is 5.54 Å². The SMILES string of the molecule is CC1CCCC(CN)N1CC(=O)NC1(C#N)CCCCC1. The van der Waals surface area contributed by atoms with Crippen molar-refractivity contribution < 1.29 is 4.79 Å². The van der Waals surface area contributed by atoms with Crippen LogP contribution in [-0.4, -0.2) is 41.5 Å². The Hall–Kier alpha value is -1.12. The first kappa shape index (κ1) is 16.3. The zero-order valence-electron chi connectivity index (χ0n) is 13.1. The maximum absolute atomic E-state index is 12.4. The molecule has 1 saturated heterocycles. The van der Waals surface area contributed by atoms with Crippen molar-refractivity contribution in [2.75, 3.05) is 13.1 Å². The summed E-state index contributed by atoms with van der Waals surface area (Å²) in [6, 6.07) is 3.03. The summed E-state index contributed by atoms with van der Waals surface area (Å²) in [6.45, 7) is 3.13. The van der Waals surface area contributed by atoms with Crippen LogP contribution in [0.5, 0.6) is 0 Å². The molecule has 0 aromatic carbocycles. The molecule has 1 aliphatic carbocycles. The minimum atomic E-state index is -0.632. The molecular weight excluding hydrogens is 264 g/mol. The van der Waals surface area contributed by atoms with Crippen molar-refractivity contribution in [1.29, 1.82) is 5.26 Å². The van der Waals surface area contributed by atoms with E-state index in [1.54, 1.807) is 0 Å². The molecular formula is C16H28N4O. The van der Waals surface area contributed by atoms with Gasteiger partial charge in [-0.1, -0.05) is 25.7 Å². The van der Waals surface area contributed by atoms with E-state index in [9.17, 15) is 10.1 Å². The molecule has 1 heterocycles. The lowest BCUT2D eigenvalue weighted by atomic mass is 9.83. The average Bonchev–Trinajstić information content (AvgIpc) is 2.50. The number of nitriles is 1. The van der Waals surface area contributed by atoms with E-state index in [2.05, 4.69) is 23.2 Å². The summed E-state index contributed by atoms with van der Waals surface area (Å²) in [7, 11) is 0. The standard InChI is InChI=1S/C16H28N4O/c1-13-6-5-7-14(10-17)20(13)11-15(21)19-16(12-18)8-3-2-4-9-16/h13-14H,2-11,17H2,1H3,(H,19,21). The zero-order chi connectivity index (χ0) is 15.3. The molecule has 2 aliphatic rings. The van der Waals surface area contributed by atoms with Gasteiger partial charge in [0.25, 0.3) is 0 Å². The van der Waals surface area contributed by atoms with E-state index in [-0.39, 0.29) is 5.91 Å². The van der Waals surface area contributed by atoms with Gasteiger partial charge in [0.15, 0.2) is 0 Å². The number of piperidine rings is 1. The zero-order valence-corrected chi connectivity index (χ0v) is 13.1. The van der Waals surface area contributed by atoms with Gasteiger partial charge in [0.2, 0.25) is 5.91 Å². The molecule has 1 aliphatic heterocycles. The molecule has 21 heavy (non-hydrogen) atoms. The van der Waals surface area contributed by atoms with Crippen LogP contribution >= 0.6 is 0 Å². The fourth-order valence-electron chi connectivity index (χ4n) is 3.77. The monoisotopic (exact) mass is 292 g/mol. The van der Waals surface area contributed by atoms with Gasteiger partial charge in [0.05, 0.1) is 12.6 Å². The highest BCUT2D eigenvalue weighted by atomic mass is 16.2. The highest BCUT2D eigenvalue weighted by molar-refractivity contribution is 5.79. The first-order valence-electron chi connectivity index (χ1n) is 8.28. The summed E-state index contributed by atoms with van der Waals surface area (Å²) in [6.07, 6.45) is 8.15. The van der Waals surface area contributed by atoms with Gasteiger partial charge in [-0.15, -0.1) is 0 Å². The molecule has 2 unspecified atom stereocenters. The second kappa shape index (κ2) is 7.24. The number of rotatable bonds is 4. The van der Waals surface area contributed by atoms with Crippen molar-refractivity contribution in [2.24, 2.45) is 5.73 Å². The second-order valence-electron chi connectivity index (χ2n) is 6.64. The largest absolute Gasteiger partial charge is 0.337 e. The molecule has 0 aromatic rings. The summed E-state index contributed by atoms with van der Waals surface area (Å²) < 4.78 is 0. The predicted molar refractivity (Wildman–Crippen MR) is 82.4 cm³/mol. The molecule has 0 radical (unpaired) electrons. The summed E-state index contributed by atoms with van der Waals surface area (Å²) >= 11 is 0. The molecule has 118 valence electrons. The lowest BCUT2D eigenvalue weighted by molar-refractivity contribution is -0.125. The van der Waals surface area contributed by atoms with Crippen LogP contribution in [0.25, 0.3) is 0 Å². The van der Waals surface area contributed by atoms with Crippen LogP contribution < -0.4 is 11.1 Å². The third-order valence-corrected chi connectivity index (χ3v) is 5.09. The van der Waals surface area contributed by atoms with Crippen LogP contribution in [0.1, 0.15) is 58.3 Å². The Morgan fingerprint density at radius 1 is 1.33 bits per heavy atom. The Morgan fingerprint density at radius 3 is 2.67 bits per heavy atom. The number of nitrogens with one attached hydrogen (secondary N) is 1. The summed E-state index contributed by atoms with van der Waals surface area (Å²) in [5.74, 6) is -0.0225. The molecule has 2 fully saturated rings. The van der Waals surface area contributed by atoms with E-state index in [1.807, 2.05) is 0 Å². The number of carbonyl (C=O) groups excluding carboxylic acids is 1. The minimum Gasteiger partial charge on any atom is -0.337 e. The van der Waals surface area contributed by atoms with Gasteiger partial charge in [0, 0.05) is 18.6 Å². The highest BCUT2D eigenvalue weighted by Gasteiger charge is 2.35. The van der Waals surface area contributed by atoms with Crippen molar-refractivity contribution in [3.8, 4) is 6.07 Å². The molecule has 2 atom stereocenters. The first-order valence-corrected chi connectivity index (χ1v) is 8.28. The van der Waals surface area contributed by atoms with Crippen molar-refractivity contribution in [3.05, 3.63) is 0 Å². The van der Waals surface area contributed by atoms with Crippen molar-refractivity contribution in [2.45, 2.75) is 75.9 Å². The van der Waals surface area contributed by atoms with E-state index in [0.29, 0.717) is 25.2 Å². The molecule has 1 saturated carbocycles. The first-order chi connectivity index (χ1) is 10.1. The van der Waals surface area contributed by atoms with Gasteiger partial charge in [-0.05, 0) is 32.6 Å². The highest BCUT2D eigenvalue weighted by Crippen LogP contribution is 2.28. The molecule has 1 amide bonds. The van der Waals surface area contributed by atoms with Gasteiger partial charge in [-0.2, -0.15) is 5.26 Å². The Labute approximate surface area is 127 Å². The molecule has 2 rings (SSSR count). The third kappa shape index (κ3) is 3.96. The van der Waals surface area contributed by atoms with Crippen LogP contribution in [0.2, 0.25) is 0 Å². The maximum Gasteiger partial charge on any atom is 0.235 e. The Morgan fingerprint density at radius 2 is 2.05 bits per heavy atom. The van der Waals surface area contributed by atoms with Crippen molar-refractivity contribution in [3.63, 3.8) is 0 Å². The Kier molecular flexibility index (Phi) is 5.60. The fraction of sp³-hybridized carbons (Fsp3) is 0.875. The average molecular weight is 292 g/mol. The predicted octanol–water partition coefficient (Wildman–Crippen LogP) is 1.53. The summed E-state index contributed by atoms with van der Waals surface area (Å²) in [5, 5.41) is 12.5. The smallest absolute Gasteiger partial charge is 0.235 e. The normalized spacial score (nSPS) is 29.6. The lowest BCUT2D eigenvalue weighted by Crippen LogP contribution is -2.56. The van der Waals surface area contributed by atoms with E-state index in [0.717, 1.165) is 44.9 Å². The maximum atomic E-state index is 12.4. The number of likely N-dealkylation sites (tertiary alicyclic amines) is 1. The molecule has 5 heteroatoms. The van der Waals surface area contributed by atoms with Crippen LogP contribution in [0, 0.1) is 11.3 Å². The minimum absolute atomic E-state index is 0.0225. The van der Waals surface area contributed by atoms with E-state index >= 15 is 0 Å². The second-order valence-corrected chi connectivity index (χ2v) is 6.64. The number of amides is 1. The van der Waals surface area contributed by atoms with Gasteiger partial charge in [-0.3, -0.25) is 9.69 Å². The third-order valence-electron chi connectivity index (χ3n) is 5.09. The van der Waals surface area contributed by atoms with E-state index in [4.69, 9.17) is 5.73 Å².